The molecule has 3 N–H and O–H groups in total. The number of aliphatic hydroxyl groups excluding tert-OH is 1. The lowest BCUT2D eigenvalue weighted by molar-refractivity contribution is 0.182. The number of hydrogen-bond acceptors (Lipinski definition) is 2. The summed E-state index contributed by atoms with van der Waals surface area (Å²) >= 11 is 5.74. The molecule has 13 heavy (non-hydrogen) atoms. The Balaban J connectivity index is 2.87. The molecule has 0 aliphatic carbocycles. The molecule has 1 rings (SSSR count). The van der Waals surface area contributed by atoms with Crippen LogP contribution in [0.5, 0.6) is 0 Å². The molecule has 4 heteroatoms. The van der Waals surface area contributed by atoms with Crippen molar-refractivity contribution in [3.63, 3.8) is 0 Å². The molecule has 1 aromatic carbocycles. The van der Waals surface area contributed by atoms with E-state index in [0.717, 1.165) is 0 Å². The monoisotopic (exact) mass is 203 g/mol. The van der Waals surface area contributed by atoms with Gasteiger partial charge in [-0.05, 0) is 12.1 Å². The van der Waals surface area contributed by atoms with Gasteiger partial charge in [-0.1, -0.05) is 17.7 Å². The van der Waals surface area contributed by atoms with Gasteiger partial charge < -0.3 is 10.8 Å². The van der Waals surface area contributed by atoms with E-state index in [4.69, 9.17) is 17.3 Å². The summed E-state index contributed by atoms with van der Waals surface area (Å²) in [5.74, 6) is -0.403. The van der Waals surface area contributed by atoms with E-state index < -0.39 is 11.9 Å². The van der Waals surface area contributed by atoms with Crippen LogP contribution >= 0.6 is 11.6 Å². The van der Waals surface area contributed by atoms with Gasteiger partial charge in [0, 0.05) is 23.6 Å². The zero-order valence-corrected chi connectivity index (χ0v) is 7.76. The van der Waals surface area contributed by atoms with E-state index >= 15 is 0 Å². The Morgan fingerprint density at radius 2 is 2.23 bits per heavy atom. The minimum atomic E-state index is -0.741. The number of halogens is 2. The summed E-state index contributed by atoms with van der Waals surface area (Å²) < 4.78 is 13.1. The fraction of sp³-hybridized carbons (Fsp3) is 0.333. The minimum absolute atomic E-state index is 0.102. The average Bonchev–Trinajstić information content (AvgIpc) is 2.11. The van der Waals surface area contributed by atoms with Gasteiger partial charge in [-0.15, -0.1) is 0 Å². The Hall–Kier alpha value is -0.640. The van der Waals surface area contributed by atoms with E-state index in [0.29, 0.717) is 10.6 Å². The SMILES string of the molecule is NCC(O)Cc1c(F)cccc1Cl. The molecule has 0 aliphatic heterocycles. The van der Waals surface area contributed by atoms with Crippen LogP contribution < -0.4 is 5.73 Å². The van der Waals surface area contributed by atoms with Gasteiger partial charge >= 0.3 is 0 Å². The van der Waals surface area contributed by atoms with Crippen LogP contribution in [0.15, 0.2) is 18.2 Å². The predicted molar refractivity (Wildman–Crippen MR) is 50.2 cm³/mol. The Labute approximate surface area is 81.1 Å². The summed E-state index contributed by atoms with van der Waals surface area (Å²) in [5.41, 5.74) is 5.53. The van der Waals surface area contributed by atoms with Crippen molar-refractivity contribution >= 4 is 11.6 Å². The van der Waals surface area contributed by atoms with Crippen LogP contribution in [0.2, 0.25) is 5.02 Å². The van der Waals surface area contributed by atoms with E-state index in [1.54, 1.807) is 6.07 Å². The van der Waals surface area contributed by atoms with Crippen LogP contribution in [-0.2, 0) is 6.42 Å². The minimum Gasteiger partial charge on any atom is -0.391 e. The number of rotatable bonds is 3. The molecule has 1 unspecified atom stereocenters. The van der Waals surface area contributed by atoms with Crippen molar-refractivity contribution in [2.75, 3.05) is 6.54 Å². The Bertz CT molecular complexity index is 273. The van der Waals surface area contributed by atoms with Crippen LogP contribution in [0.25, 0.3) is 0 Å². The molecule has 1 aromatic rings. The first-order valence-electron chi connectivity index (χ1n) is 3.96. The van der Waals surface area contributed by atoms with Crippen molar-refractivity contribution < 1.29 is 9.50 Å². The highest BCUT2D eigenvalue weighted by Crippen LogP contribution is 2.20. The maximum atomic E-state index is 13.1. The Morgan fingerprint density at radius 1 is 1.54 bits per heavy atom. The van der Waals surface area contributed by atoms with Crippen LogP contribution in [0, 0.1) is 5.82 Å². The second-order valence-electron chi connectivity index (χ2n) is 2.79. The fourth-order valence-electron chi connectivity index (χ4n) is 1.05. The van der Waals surface area contributed by atoms with Crippen LogP contribution in [-0.4, -0.2) is 17.8 Å². The maximum absolute atomic E-state index is 13.1. The summed E-state index contributed by atoms with van der Waals surface area (Å²) in [7, 11) is 0. The molecular weight excluding hydrogens is 193 g/mol. The molecule has 1 atom stereocenters. The third-order valence-corrected chi connectivity index (χ3v) is 2.13. The van der Waals surface area contributed by atoms with Crippen LogP contribution in [0.4, 0.5) is 4.39 Å². The highest BCUT2D eigenvalue weighted by molar-refractivity contribution is 6.31. The lowest BCUT2D eigenvalue weighted by Gasteiger charge is -2.09. The fourth-order valence-corrected chi connectivity index (χ4v) is 1.29. The second-order valence-corrected chi connectivity index (χ2v) is 3.20. The van der Waals surface area contributed by atoms with E-state index in [1.807, 2.05) is 0 Å². The highest BCUT2D eigenvalue weighted by Gasteiger charge is 2.10. The lowest BCUT2D eigenvalue weighted by atomic mass is 10.1. The first-order valence-corrected chi connectivity index (χ1v) is 4.34. The van der Waals surface area contributed by atoms with Crippen molar-refractivity contribution in [2.45, 2.75) is 12.5 Å². The zero-order chi connectivity index (χ0) is 9.84. The van der Waals surface area contributed by atoms with Gasteiger partial charge in [0.15, 0.2) is 0 Å². The molecule has 0 spiro atoms. The highest BCUT2D eigenvalue weighted by atomic mass is 35.5. The quantitative estimate of drug-likeness (QED) is 0.779. The second kappa shape index (κ2) is 4.56. The molecule has 0 saturated carbocycles. The maximum Gasteiger partial charge on any atom is 0.127 e. The van der Waals surface area contributed by atoms with Gasteiger partial charge in [0.05, 0.1) is 6.10 Å². The topological polar surface area (TPSA) is 46.2 Å². The van der Waals surface area contributed by atoms with Crippen molar-refractivity contribution in [2.24, 2.45) is 5.73 Å². The van der Waals surface area contributed by atoms with E-state index in [9.17, 15) is 9.50 Å². The number of hydrogen-bond donors (Lipinski definition) is 2. The summed E-state index contributed by atoms with van der Waals surface area (Å²) in [4.78, 5) is 0. The average molecular weight is 204 g/mol. The molecule has 2 nitrogen and oxygen atoms in total. The molecule has 0 aliphatic rings. The molecule has 0 amide bonds. The molecule has 0 aromatic heterocycles. The molecule has 0 fully saturated rings. The van der Waals surface area contributed by atoms with Gasteiger partial charge in [-0.2, -0.15) is 0 Å². The van der Waals surface area contributed by atoms with Crippen molar-refractivity contribution in [3.05, 3.63) is 34.6 Å². The van der Waals surface area contributed by atoms with Gasteiger partial charge in [0.2, 0.25) is 0 Å². The van der Waals surface area contributed by atoms with Crippen LogP contribution in [0.1, 0.15) is 5.56 Å². The normalized spacial score (nSPS) is 12.9. The molecule has 72 valence electrons. The van der Waals surface area contributed by atoms with Crippen molar-refractivity contribution in [1.29, 1.82) is 0 Å². The van der Waals surface area contributed by atoms with Gasteiger partial charge in [-0.25, -0.2) is 4.39 Å². The summed E-state index contributed by atoms with van der Waals surface area (Å²) in [6, 6.07) is 4.42. The third-order valence-electron chi connectivity index (χ3n) is 1.77. The first kappa shape index (κ1) is 10.4. The Kier molecular flexibility index (Phi) is 3.66. The molecule has 0 heterocycles. The summed E-state index contributed by atoms with van der Waals surface area (Å²) in [6.07, 6.45) is -0.587. The molecule has 0 bridgehead atoms. The summed E-state index contributed by atoms with van der Waals surface area (Å²) in [5, 5.41) is 9.54. The van der Waals surface area contributed by atoms with E-state index in [2.05, 4.69) is 0 Å². The standard InChI is InChI=1S/C9H11ClFNO/c10-8-2-1-3-9(11)7(8)4-6(13)5-12/h1-3,6,13H,4-5,12H2. The number of benzene rings is 1. The summed E-state index contributed by atoms with van der Waals surface area (Å²) in [6.45, 7) is 0.102. The third kappa shape index (κ3) is 2.66. The van der Waals surface area contributed by atoms with Crippen molar-refractivity contribution in [1.82, 2.24) is 0 Å². The van der Waals surface area contributed by atoms with Crippen LogP contribution in [0.3, 0.4) is 0 Å². The Morgan fingerprint density at radius 3 is 2.77 bits per heavy atom. The van der Waals surface area contributed by atoms with Gasteiger partial charge in [-0.3, -0.25) is 0 Å². The van der Waals surface area contributed by atoms with Gasteiger partial charge in [0.25, 0.3) is 0 Å². The van der Waals surface area contributed by atoms with Gasteiger partial charge in [0.1, 0.15) is 5.82 Å². The van der Waals surface area contributed by atoms with Crippen molar-refractivity contribution in [3.8, 4) is 0 Å². The molecule has 0 saturated heterocycles. The number of nitrogens with two attached hydrogens (primary N) is 1. The molecule has 0 radical (unpaired) electrons. The largest absolute Gasteiger partial charge is 0.391 e. The molecular formula is C9H11ClFNO. The van der Waals surface area contributed by atoms with E-state index in [-0.39, 0.29) is 13.0 Å². The zero-order valence-electron chi connectivity index (χ0n) is 7.00. The van der Waals surface area contributed by atoms with E-state index in [1.165, 1.54) is 12.1 Å². The smallest absolute Gasteiger partial charge is 0.127 e. The predicted octanol–water partition coefficient (Wildman–Crippen LogP) is 1.34. The number of aliphatic hydroxyl groups is 1. The first-order chi connectivity index (χ1) is 6.15. The lowest BCUT2D eigenvalue weighted by Crippen LogP contribution is -2.22.